The van der Waals surface area contributed by atoms with Gasteiger partial charge in [0.15, 0.2) is 0 Å². The van der Waals surface area contributed by atoms with E-state index in [1.54, 1.807) is 0 Å². The van der Waals surface area contributed by atoms with Crippen molar-refractivity contribution >= 4 is 0 Å². The first-order valence-corrected chi connectivity index (χ1v) is 6.68. The summed E-state index contributed by atoms with van der Waals surface area (Å²) in [5.41, 5.74) is 6.96. The van der Waals surface area contributed by atoms with Crippen LogP contribution in [0.15, 0.2) is 0 Å². The number of hydrogen-bond donors (Lipinski definition) is 1. The van der Waals surface area contributed by atoms with Crippen LogP contribution in [0, 0.1) is 11.3 Å². The Morgan fingerprint density at radius 1 is 1.38 bits per heavy atom. The van der Waals surface area contributed by atoms with E-state index in [1.807, 2.05) is 0 Å². The topological polar surface area (TPSA) is 29.3 Å². The van der Waals surface area contributed by atoms with Gasteiger partial charge in [-0.05, 0) is 31.2 Å². The molecule has 1 fully saturated rings. The minimum absolute atomic E-state index is 0.0671. The molecule has 2 heteroatoms. The fourth-order valence-corrected chi connectivity index (χ4v) is 3.25. The van der Waals surface area contributed by atoms with Crippen molar-refractivity contribution < 1.29 is 0 Å². The molecule has 0 spiro atoms. The number of nitrogens with two attached hydrogens (primary N) is 1. The van der Waals surface area contributed by atoms with E-state index in [0.29, 0.717) is 5.41 Å². The predicted molar refractivity (Wildman–Crippen MR) is 71.5 cm³/mol. The highest BCUT2D eigenvalue weighted by molar-refractivity contribution is 4.92. The van der Waals surface area contributed by atoms with Crippen molar-refractivity contribution in [3.63, 3.8) is 0 Å². The van der Waals surface area contributed by atoms with Gasteiger partial charge in [-0.1, -0.05) is 40.5 Å². The highest BCUT2D eigenvalue weighted by Gasteiger charge is 2.32. The van der Waals surface area contributed by atoms with Crippen molar-refractivity contribution in [3.8, 4) is 0 Å². The molecule has 96 valence electrons. The molecule has 0 aromatic rings. The van der Waals surface area contributed by atoms with E-state index < -0.39 is 0 Å². The maximum atomic E-state index is 6.53. The van der Waals surface area contributed by atoms with Gasteiger partial charge >= 0.3 is 0 Å². The molecule has 1 saturated carbocycles. The Bertz CT molecular complexity index is 219. The van der Waals surface area contributed by atoms with Crippen molar-refractivity contribution in [1.29, 1.82) is 0 Å². The van der Waals surface area contributed by atoms with Crippen molar-refractivity contribution in [1.82, 2.24) is 4.90 Å². The zero-order valence-electron chi connectivity index (χ0n) is 11.8. The largest absolute Gasteiger partial charge is 0.324 e. The number of nitrogens with zero attached hydrogens (tertiary/aromatic N) is 1. The van der Waals surface area contributed by atoms with Crippen molar-refractivity contribution in [2.24, 2.45) is 17.1 Å². The highest BCUT2D eigenvalue weighted by atomic mass is 15.1. The Kier molecular flexibility index (Phi) is 4.42. The van der Waals surface area contributed by atoms with Crippen LogP contribution in [0.25, 0.3) is 0 Å². The molecular formula is C14H30N2. The molecule has 0 heterocycles. The fourth-order valence-electron chi connectivity index (χ4n) is 3.25. The van der Waals surface area contributed by atoms with Crippen LogP contribution in [-0.4, -0.2) is 30.6 Å². The Morgan fingerprint density at radius 3 is 2.50 bits per heavy atom. The molecule has 16 heavy (non-hydrogen) atoms. The highest BCUT2D eigenvalue weighted by Crippen LogP contribution is 2.31. The van der Waals surface area contributed by atoms with Crippen molar-refractivity contribution in [3.05, 3.63) is 0 Å². The Hall–Kier alpha value is -0.0800. The molecule has 0 aliphatic heterocycles. The second kappa shape index (κ2) is 5.05. The molecule has 1 aliphatic carbocycles. The molecule has 0 aromatic heterocycles. The average Bonchev–Trinajstić information content (AvgIpc) is 1.96. The van der Waals surface area contributed by atoms with Gasteiger partial charge in [0.1, 0.15) is 0 Å². The lowest BCUT2D eigenvalue weighted by Gasteiger charge is -2.40. The lowest BCUT2D eigenvalue weighted by molar-refractivity contribution is 0.141. The van der Waals surface area contributed by atoms with Gasteiger partial charge in [0, 0.05) is 18.6 Å². The van der Waals surface area contributed by atoms with Gasteiger partial charge in [-0.3, -0.25) is 0 Å². The summed E-state index contributed by atoms with van der Waals surface area (Å²) in [4.78, 5) is 2.41. The molecule has 0 aromatic carbocycles. The van der Waals surface area contributed by atoms with Crippen LogP contribution in [0.3, 0.4) is 0 Å². The molecule has 2 unspecified atom stereocenters. The van der Waals surface area contributed by atoms with Crippen LogP contribution in [0.2, 0.25) is 0 Å². The molecule has 0 amide bonds. The van der Waals surface area contributed by atoms with Crippen molar-refractivity contribution in [2.75, 3.05) is 20.1 Å². The first kappa shape index (κ1) is 14.0. The minimum atomic E-state index is 0.0671. The molecule has 1 rings (SSSR count). The van der Waals surface area contributed by atoms with Crippen LogP contribution < -0.4 is 5.73 Å². The average molecular weight is 226 g/mol. The summed E-state index contributed by atoms with van der Waals surface area (Å²) < 4.78 is 0. The lowest BCUT2D eigenvalue weighted by Crippen LogP contribution is -2.52. The van der Waals surface area contributed by atoms with Crippen LogP contribution in [-0.2, 0) is 0 Å². The second-order valence-corrected chi connectivity index (χ2v) is 7.30. The fraction of sp³-hybridized carbons (Fsp3) is 1.00. The summed E-state index contributed by atoms with van der Waals surface area (Å²) in [6.07, 6.45) is 5.07. The van der Waals surface area contributed by atoms with E-state index in [0.717, 1.165) is 19.0 Å². The molecule has 2 nitrogen and oxygen atoms in total. The van der Waals surface area contributed by atoms with E-state index >= 15 is 0 Å². The molecular weight excluding hydrogens is 196 g/mol. The summed E-state index contributed by atoms with van der Waals surface area (Å²) in [5, 5.41) is 0. The lowest BCUT2D eigenvalue weighted by atomic mass is 9.76. The van der Waals surface area contributed by atoms with Gasteiger partial charge in [0.25, 0.3) is 0 Å². The summed E-state index contributed by atoms with van der Waals surface area (Å²) in [7, 11) is 2.21. The van der Waals surface area contributed by atoms with E-state index in [2.05, 4.69) is 39.6 Å². The molecule has 0 radical (unpaired) electrons. The monoisotopic (exact) mass is 226 g/mol. The Labute approximate surface area is 102 Å². The predicted octanol–water partition coefficient (Wildman–Crippen LogP) is 2.87. The van der Waals surface area contributed by atoms with Crippen LogP contribution >= 0.6 is 0 Å². The number of rotatable bonds is 3. The molecule has 0 bridgehead atoms. The molecule has 0 saturated heterocycles. The maximum absolute atomic E-state index is 6.53. The summed E-state index contributed by atoms with van der Waals surface area (Å²) in [6, 6.07) is 0. The zero-order chi connectivity index (χ0) is 12.4. The van der Waals surface area contributed by atoms with Crippen LogP contribution in [0.1, 0.15) is 53.4 Å². The zero-order valence-corrected chi connectivity index (χ0v) is 11.8. The summed E-state index contributed by atoms with van der Waals surface area (Å²) >= 11 is 0. The quantitative estimate of drug-likeness (QED) is 0.802. The van der Waals surface area contributed by atoms with Crippen LogP contribution in [0.4, 0.5) is 0 Å². The summed E-state index contributed by atoms with van der Waals surface area (Å²) in [5.74, 6) is 0.807. The standard InChI is InChI=1S/C14H30N2/c1-12-7-6-8-14(15,9-12)11-16(5)10-13(2,3)4/h12H,6-11,15H2,1-5H3. The van der Waals surface area contributed by atoms with Gasteiger partial charge in [0.2, 0.25) is 0 Å². The van der Waals surface area contributed by atoms with Gasteiger partial charge in [0.05, 0.1) is 0 Å². The third-order valence-electron chi connectivity index (χ3n) is 3.46. The third-order valence-corrected chi connectivity index (χ3v) is 3.46. The summed E-state index contributed by atoms with van der Waals surface area (Å²) in [6.45, 7) is 11.4. The minimum Gasteiger partial charge on any atom is -0.324 e. The first-order chi connectivity index (χ1) is 7.20. The van der Waals surface area contributed by atoms with E-state index in [1.165, 1.54) is 25.7 Å². The van der Waals surface area contributed by atoms with E-state index in [4.69, 9.17) is 5.73 Å². The van der Waals surface area contributed by atoms with Crippen molar-refractivity contribution in [2.45, 2.75) is 58.9 Å². The smallest absolute Gasteiger partial charge is 0.0285 e. The molecule has 2 N–H and O–H groups in total. The van der Waals surface area contributed by atoms with Gasteiger partial charge in [-0.25, -0.2) is 0 Å². The Morgan fingerprint density at radius 2 is 2.00 bits per heavy atom. The number of likely N-dealkylation sites (N-methyl/N-ethyl adjacent to an activating group) is 1. The normalized spacial score (nSPS) is 32.1. The first-order valence-electron chi connectivity index (χ1n) is 6.68. The maximum Gasteiger partial charge on any atom is 0.0285 e. The van der Waals surface area contributed by atoms with Gasteiger partial charge < -0.3 is 10.6 Å². The second-order valence-electron chi connectivity index (χ2n) is 7.30. The number of hydrogen-bond acceptors (Lipinski definition) is 2. The molecule has 2 atom stereocenters. The SMILES string of the molecule is CC1CCCC(N)(CN(C)CC(C)(C)C)C1. The van der Waals surface area contributed by atoms with Gasteiger partial charge in [-0.2, -0.15) is 0 Å². The van der Waals surface area contributed by atoms with Crippen LogP contribution in [0.5, 0.6) is 0 Å². The molecule has 1 aliphatic rings. The third kappa shape index (κ3) is 4.84. The van der Waals surface area contributed by atoms with E-state index in [9.17, 15) is 0 Å². The Balaban J connectivity index is 2.45. The van der Waals surface area contributed by atoms with E-state index in [-0.39, 0.29) is 5.54 Å². The van der Waals surface area contributed by atoms with Gasteiger partial charge in [-0.15, -0.1) is 0 Å².